The molecule has 140 valence electrons. The van der Waals surface area contributed by atoms with Crippen LogP contribution in [-0.2, 0) is 4.74 Å². The molecule has 0 saturated heterocycles. The minimum absolute atomic E-state index is 0.00927. The van der Waals surface area contributed by atoms with Gasteiger partial charge in [-0.2, -0.15) is 8.78 Å². The van der Waals surface area contributed by atoms with Crippen LogP contribution in [0.15, 0.2) is 54.6 Å². The summed E-state index contributed by atoms with van der Waals surface area (Å²) >= 11 is 0. The molecule has 8 heteroatoms. The van der Waals surface area contributed by atoms with Gasteiger partial charge in [0.2, 0.25) is 0 Å². The van der Waals surface area contributed by atoms with Crippen molar-refractivity contribution in [3.63, 3.8) is 0 Å². The molecule has 2 rings (SSSR count). The smallest absolute Gasteiger partial charge is 0.412 e. The average molecular weight is 371 g/mol. The van der Waals surface area contributed by atoms with Crippen molar-refractivity contribution < 1.29 is 31.8 Å². The van der Waals surface area contributed by atoms with Crippen molar-refractivity contribution >= 4 is 11.8 Å². The van der Waals surface area contributed by atoms with Crippen LogP contribution in [0.25, 0.3) is 0 Å². The highest BCUT2D eigenvalue weighted by Gasteiger charge is 2.41. The van der Waals surface area contributed by atoms with E-state index in [0.717, 1.165) is 0 Å². The van der Waals surface area contributed by atoms with Crippen LogP contribution in [-0.4, -0.2) is 25.0 Å². The van der Waals surface area contributed by atoms with Gasteiger partial charge in [-0.1, -0.05) is 30.3 Å². The summed E-state index contributed by atoms with van der Waals surface area (Å²) in [5.74, 6) is -4.21. The third kappa shape index (κ3) is 5.65. The maximum Gasteiger partial charge on any atom is 0.412 e. The van der Waals surface area contributed by atoms with Crippen LogP contribution >= 0.6 is 0 Å². The summed E-state index contributed by atoms with van der Waals surface area (Å²) in [5, 5.41) is 2.56. The predicted molar refractivity (Wildman–Crippen MR) is 87.8 cm³/mol. The molecule has 0 aliphatic rings. The van der Waals surface area contributed by atoms with Crippen molar-refractivity contribution in [1.82, 2.24) is 0 Å². The lowest BCUT2D eigenvalue weighted by Gasteiger charge is -2.17. The molecule has 0 heterocycles. The molecule has 0 radical (unpaired) electrons. The number of alkyl halides is 4. The monoisotopic (exact) mass is 371 g/mol. The molecule has 0 aliphatic heterocycles. The zero-order chi connectivity index (χ0) is 19.2. The third-order valence-corrected chi connectivity index (χ3v) is 3.40. The first-order chi connectivity index (χ1) is 12.3. The lowest BCUT2D eigenvalue weighted by Crippen LogP contribution is -2.33. The quantitative estimate of drug-likeness (QED) is 0.674. The van der Waals surface area contributed by atoms with Crippen LogP contribution in [0.4, 0.5) is 28.0 Å². The number of ether oxygens (including phenoxy) is 2. The van der Waals surface area contributed by atoms with Gasteiger partial charge < -0.3 is 9.47 Å². The average Bonchev–Trinajstić information content (AvgIpc) is 2.61. The molecule has 0 aliphatic carbocycles. The standard InChI is InChI=1S/C18H17F4NO3/c1-12(26-17(24)23-14-5-3-2-4-6-14)13-7-9-15(10-8-13)25-11-18(21,22)16(19)20/h2-10,12,16H,11H2,1H3,(H,23,24). The Hall–Kier alpha value is -2.77. The van der Waals surface area contributed by atoms with Crippen LogP contribution in [0.2, 0.25) is 0 Å². The maximum absolute atomic E-state index is 12.8. The molecule has 1 amide bonds. The minimum atomic E-state index is -4.22. The highest BCUT2D eigenvalue weighted by molar-refractivity contribution is 5.84. The number of rotatable bonds is 7. The minimum Gasteiger partial charge on any atom is -0.487 e. The molecule has 2 aromatic rings. The molecule has 1 unspecified atom stereocenters. The zero-order valence-corrected chi connectivity index (χ0v) is 13.8. The van der Waals surface area contributed by atoms with E-state index in [4.69, 9.17) is 4.74 Å². The number of para-hydroxylation sites is 1. The Morgan fingerprint density at radius 1 is 1.08 bits per heavy atom. The number of nitrogens with one attached hydrogen (secondary N) is 1. The highest BCUT2D eigenvalue weighted by Crippen LogP contribution is 2.25. The number of hydrogen-bond donors (Lipinski definition) is 1. The Bertz CT molecular complexity index is 708. The van der Waals surface area contributed by atoms with Gasteiger partial charge in [0.25, 0.3) is 0 Å². The first-order valence-electron chi connectivity index (χ1n) is 7.69. The maximum atomic E-state index is 12.8. The number of benzene rings is 2. The summed E-state index contributed by atoms with van der Waals surface area (Å²) in [6.45, 7) is 0.209. The predicted octanol–water partition coefficient (Wildman–Crippen LogP) is 5.28. The van der Waals surface area contributed by atoms with Crippen molar-refractivity contribution in [2.45, 2.75) is 25.4 Å². The first-order valence-corrected chi connectivity index (χ1v) is 7.69. The summed E-state index contributed by atoms with van der Waals surface area (Å²) in [5.41, 5.74) is 1.16. The first kappa shape index (κ1) is 19.6. The molecule has 1 atom stereocenters. The lowest BCUT2D eigenvalue weighted by molar-refractivity contribution is -0.148. The van der Waals surface area contributed by atoms with E-state index in [-0.39, 0.29) is 5.75 Å². The second-order valence-corrected chi connectivity index (χ2v) is 5.46. The number of halogens is 4. The Balaban J connectivity index is 1.88. The fourth-order valence-corrected chi connectivity index (χ4v) is 1.98. The van der Waals surface area contributed by atoms with E-state index >= 15 is 0 Å². The number of amides is 1. The van der Waals surface area contributed by atoms with E-state index in [1.807, 2.05) is 0 Å². The number of carbonyl (C=O) groups is 1. The number of carbonyl (C=O) groups excluding carboxylic acids is 1. The molecule has 0 bridgehead atoms. The van der Waals surface area contributed by atoms with Crippen LogP contribution in [0.1, 0.15) is 18.6 Å². The summed E-state index contributed by atoms with van der Waals surface area (Å²) < 4.78 is 59.7. The van der Waals surface area contributed by atoms with Gasteiger partial charge in [0.1, 0.15) is 11.9 Å². The van der Waals surface area contributed by atoms with E-state index in [9.17, 15) is 22.4 Å². The Morgan fingerprint density at radius 2 is 1.69 bits per heavy atom. The fraction of sp³-hybridized carbons (Fsp3) is 0.278. The van der Waals surface area contributed by atoms with Gasteiger partial charge in [-0.3, -0.25) is 5.32 Å². The molecule has 4 nitrogen and oxygen atoms in total. The van der Waals surface area contributed by atoms with E-state index < -0.39 is 31.2 Å². The number of hydrogen-bond acceptors (Lipinski definition) is 3. The summed E-state index contributed by atoms with van der Waals surface area (Å²) in [6, 6.07) is 14.4. The molecule has 0 fully saturated rings. The lowest BCUT2D eigenvalue weighted by atomic mass is 10.1. The van der Waals surface area contributed by atoms with Gasteiger partial charge in [0.05, 0.1) is 0 Å². The second-order valence-electron chi connectivity index (χ2n) is 5.46. The molecule has 2 aromatic carbocycles. The zero-order valence-electron chi connectivity index (χ0n) is 13.8. The van der Waals surface area contributed by atoms with Crippen LogP contribution < -0.4 is 10.1 Å². The van der Waals surface area contributed by atoms with E-state index in [2.05, 4.69) is 10.1 Å². The normalized spacial score (nSPS) is 12.5. The van der Waals surface area contributed by atoms with Gasteiger partial charge in [-0.15, -0.1) is 0 Å². The molecule has 0 spiro atoms. The van der Waals surface area contributed by atoms with E-state index in [1.54, 1.807) is 37.3 Å². The summed E-state index contributed by atoms with van der Waals surface area (Å²) in [6.07, 6.45) is -5.06. The Kier molecular flexibility index (Phi) is 6.43. The van der Waals surface area contributed by atoms with Gasteiger partial charge >= 0.3 is 18.4 Å². The molecular formula is C18H17F4NO3. The molecule has 0 aromatic heterocycles. The van der Waals surface area contributed by atoms with Gasteiger partial charge in [-0.25, -0.2) is 13.6 Å². The van der Waals surface area contributed by atoms with Gasteiger partial charge in [0, 0.05) is 5.69 Å². The van der Waals surface area contributed by atoms with Crippen molar-refractivity contribution in [2.24, 2.45) is 0 Å². The van der Waals surface area contributed by atoms with E-state index in [0.29, 0.717) is 11.3 Å². The summed E-state index contributed by atoms with van der Waals surface area (Å²) in [4.78, 5) is 11.8. The second kappa shape index (κ2) is 8.55. The van der Waals surface area contributed by atoms with Gasteiger partial charge in [0.15, 0.2) is 6.61 Å². The van der Waals surface area contributed by atoms with Crippen LogP contribution in [0, 0.1) is 0 Å². The third-order valence-electron chi connectivity index (χ3n) is 3.40. The number of anilines is 1. The largest absolute Gasteiger partial charge is 0.487 e. The van der Waals surface area contributed by atoms with Crippen molar-refractivity contribution in [2.75, 3.05) is 11.9 Å². The molecule has 0 saturated carbocycles. The van der Waals surface area contributed by atoms with Crippen molar-refractivity contribution in [1.29, 1.82) is 0 Å². The summed E-state index contributed by atoms with van der Waals surface area (Å²) in [7, 11) is 0. The Morgan fingerprint density at radius 3 is 2.27 bits per heavy atom. The Labute approximate surface area is 147 Å². The highest BCUT2D eigenvalue weighted by atomic mass is 19.3. The molecule has 26 heavy (non-hydrogen) atoms. The van der Waals surface area contributed by atoms with Crippen LogP contribution in [0.3, 0.4) is 0 Å². The van der Waals surface area contributed by atoms with Crippen LogP contribution in [0.5, 0.6) is 5.75 Å². The van der Waals surface area contributed by atoms with Crippen molar-refractivity contribution in [3.8, 4) is 5.75 Å². The fourth-order valence-electron chi connectivity index (χ4n) is 1.98. The molecular weight excluding hydrogens is 354 g/mol. The van der Waals surface area contributed by atoms with Gasteiger partial charge in [-0.05, 0) is 36.8 Å². The topological polar surface area (TPSA) is 47.6 Å². The molecule has 1 N–H and O–H groups in total. The van der Waals surface area contributed by atoms with E-state index in [1.165, 1.54) is 24.3 Å². The SMILES string of the molecule is CC(OC(=O)Nc1ccccc1)c1ccc(OCC(F)(F)C(F)F)cc1. The van der Waals surface area contributed by atoms with Crippen molar-refractivity contribution in [3.05, 3.63) is 60.2 Å².